The normalized spacial score (nSPS) is 16.3. The van der Waals surface area contributed by atoms with Crippen LogP contribution >= 0.6 is 0 Å². The molecule has 0 radical (unpaired) electrons. The van der Waals surface area contributed by atoms with Crippen molar-refractivity contribution in [1.82, 2.24) is 20.4 Å². The van der Waals surface area contributed by atoms with Gasteiger partial charge in [0, 0.05) is 17.8 Å². The van der Waals surface area contributed by atoms with Crippen LogP contribution in [0.25, 0.3) is 17.0 Å². The number of hydrogen-bond donors (Lipinski definition) is 2. The molecule has 3 aromatic rings. The van der Waals surface area contributed by atoms with Gasteiger partial charge >= 0.3 is 6.03 Å². The molecular formula is C23H22N4O4. The third-order valence-electron chi connectivity index (χ3n) is 5.13. The quantitative estimate of drug-likeness (QED) is 0.584. The topological polar surface area (TPSA) is 101 Å². The third-order valence-corrected chi connectivity index (χ3v) is 5.13. The van der Waals surface area contributed by atoms with E-state index in [9.17, 15) is 9.90 Å². The van der Waals surface area contributed by atoms with Gasteiger partial charge in [-0.1, -0.05) is 47.6 Å². The second kappa shape index (κ2) is 8.35. The molecule has 8 nitrogen and oxygen atoms in total. The second-order valence-corrected chi connectivity index (χ2v) is 7.00. The molecule has 0 fully saturated rings. The van der Waals surface area contributed by atoms with Crippen LogP contribution in [0.5, 0.6) is 11.5 Å². The summed E-state index contributed by atoms with van der Waals surface area (Å²) < 4.78 is 10.7. The van der Waals surface area contributed by atoms with Crippen LogP contribution in [0.15, 0.2) is 71.4 Å². The maximum Gasteiger partial charge on any atom is 0.322 e. The molecule has 158 valence electrons. The van der Waals surface area contributed by atoms with E-state index in [2.05, 4.69) is 22.0 Å². The number of aromatic hydroxyl groups is 1. The zero-order valence-corrected chi connectivity index (χ0v) is 17.2. The van der Waals surface area contributed by atoms with Gasteiger partial charge in [0.15, 0.2) is 11.5 Å². The molecule has 2 aromatic carbocycles. The molecule has 0 saturated heterocycles. The number of amides is 2. The molecule has 2 heterocycles. The highest BCUT2D eigenvalue weighted by Gasteiger charge is 2.35. The summed E-state index contributed by atoms with van der Waals surface area (Å²) in [6, 6.07) is 13.6. The van der Waals surface area contributed by atoms with Gasteiger partial charge in [0.25, 0.3) is 5.89 Å². The number of benzene rings is 2. The van der Waals surface area contributed by atoms with Crippen LogP contribution in [0.2, 0.25) is 0 Å². The maximum atomic E-state index is 12.8. The summed E-state index contributed by atoms with van der Waals surface area (Å²) in [5.41, 5.74) is 2.77. The van der Waals surface area contributed by atoms with Crippen LogP contribution < -0.4 is 10.1 Å². The summed E-state index contributed by atoms with van der Waals surface area (Å²) in [6.45, 7) is 5.87. The minimum Gasteiger partial charge on any atom is -0.504 e. The average molecular weight is 418 g/mol. The van der Waals surface area contributed by atoms with Crippen molar-refractivity contribution in [2.75, 3.05) is 13.7 Å². The fourth-order valence-electron chi connectivity index (χ4n) is 3.58. The van der Waals surface area contributed by atoms with Crippen LogP contribution in [0.4, 0.5) is 4.79 Å². The Morgan fingerprint density at radius 1 is 1.29 bits per heavy atom. The van der Waals surface area contributed by atoms with Crippen LogP contribution in [0.1, 0.15) is 24.4 Å². The molecule has 4 rings (SSSR count). The standard InChI is InChI=1S/C23H22N4O4/c1-4-12-27-14(2)19(22-25-21(26-31-22)15-8-6-5-7-9-15)20(24-23(27)29)16-10-11-18(30-3)17(28)13-16/h4-11,13,20,28H,1,12H2,2-3H3,(H,24,29). The summed E-state index contributed by atoms with van der Waals surface area (Å²) in [5.74, 6) is 1.03. The number of carbonyl (C=O) groups is 1. The van der Waals surface area contributed by atoms with Crippen molar-refractivity contribution < 1.29 is 19.2 Å². The minimum absolute atomic E-state index is 0.0322. The molecule has 31 heavy (non-hydrogen) atoms. The van der Waals surface area contributed by atoms with Gasteiger partial charge in [-0.25, -0.2) is 4.79 Å². The van der Waals surface area contributed by atoms with E-state index in [0.29, 0.717) is 35.0 Å². The second-order valence-electron chi connectivity index (χ2n) is 7.00. The molecule has 0 spiro atoms. The number of nitrogens with one attached hydrogen (secondary N) is 1. The number of rotatable bonds is 6. The summed E-state index contributed by atoms with van der Waals surface area (Å²) in [6.07, 6.45) is 1.64. The number of urea groups is 1. The third kappa shape index (κ3) is 3.75. The number of aromatic nitrogens is 2. The lowest BCUT2D eigenvalue weighted by molar-refractivity contribution is 0.209. The largest absolute Gasteiger partial charge is 0.504 e. The molecular weight excluding hydrogens is 396 g/mol. The van der Waals surface area contributed by atoms with Crippen molar-refractivity contribution in [3.63, 3.8) is 0 Å². The predicted molar refractivity (Wildman–Crippen MR) is 115 cm³/mol. The van der Waals surface area contributed by atoms with Gasteiger partial charge in [0.1, 0.15) is 0 Å². The van der Waals surface area contributed by atoms with E-state index >= 15 is 0 Å². The van der Waals surface area contributed by atoms with E-state index in [1.165, 1.54) is 7.11 Å². The molecule has 1 unspecified atom stereocenters. The molecule has 0 bridgehead atoms. The number of phenols is 1. The van der Waals surface area contributed by atoms with E-state index in [1.807, 2.05) is 37.3 Å². The maximum absolute atomic E-state index is 12.8. The van der Waals surface area contributed by atoms with Gasteiger partial charge in [0.2, 0.25) is 5.82 Å². The van der Waals surface area contributed by atoms with E-state index in [0.717, 1.165) is 5.56 Å². The zero-order chi connectivity index (χ0) is 22.0. The first kappa shape index (κ1) is 20.2. The Balaban J connectivity index is 1.83. The van der Waals surface area contributed by atoms with Gasteiger partial charge < -0.3 is 19.7 Å². The van der Waals surface area contributed by atoms with Crippen molar-refractivity contribution in [1.29, 1.82) is 0 Å². The molecule has 1 aliphatic rings. The van der Waals surface area contributed by atoms with Crippen molar-refractivity contribution in [3.05, 3.63) is 78.3 Å². The first-order valence-electron chi connectivity index (χ1n) is 9.69. The molecule has 0 saturated carbocycles. The van der Waals surface area contributed by atoms with Crippen LogP contribution in [0, 0.1) is 0 Å². The Hall–Kier alpha value is -4.07. The number of allylic oxidation sites excluding steroid dienone is 1. The van der Waals surface area contributed by atoms with Crippen molar-refractivity contribution in [2.45, 2.75) is 13.0 Å². The number of phenolic OH excluding ortho intramolecular Hbond substituents is 1. The fraction of sp³-hybridized carbons (Fsp3) is 0.174. The van der Waals surface area contributed by atoms with E-state index in [4.69, 9.17) is 9.26 Å². The van der Waals surface area contributed by atoms with Gasteiger partial charge in [-0.2, -0.15) is 4.98 Å². The van der Waals surface area contributed by atoms with E-state index in [1.54, 1.807) is 29.2 Å². The van der Waals surface area contributed by atoms with Gasteiger partial charge in [-0.15, -0.1) is 6.58 Å². The summed E-state index contributed by atoms with van der Waals surface area (Å²) in [5, 5.41) is 17.4. The summed E-state index contributed by atoms with van der Waals surface area (Å²) in [4.78, 5) is 18.9. The minimum atomic E-state index is -0.602. The summed E-state index contributed by atoms with van der Waals surface area (Å²) in [7, 11) is 1.48. The number of methoxy groups -OCH3 is 1. The first-order valence-corrected chi connectivity index (χ1v) is 9.69. The number of carbonyl (C=O) groups excluding carboxylic acids is 1. The molecule has 1 atom stereocenters. The van der Waals surface area contributed by atoms with Gasteiger partial charge in [-0.3, -0.25) is 4.90 Å². The van der Waals surface area contributed by atoms with E-state index in [-0.39, 0.29) is 17.7 Å². The Morgan fingerprint density at radius 2 is 2.06 bits per heavy atom. The highest BCUT2D eigenvalue weighted by Crippen LogP contribution is 2.39. The highest BCUT2D eigenvalue weighted by atomic mass is 16.5. The Bertz CT molecular complexity index is 1150. The first-order chi connectivity index (χ1) is 15.0. The van der Waals surface area contributed by atoms with Gasteiger partial charge in [0.05, 0.1) is 18.7 Å². The van der Waals surface area contributed by atoms with E-state index < -0.39 is 6.04 Å². The Morgan fingerprint density at radius 3 is 2.74 bits per heavy atom. The van der Waals surface area contributed by atoms with Crippen LogP contribution in [-0.2, 0) is 0 Å². The average Bonchev–Trinajstić information content (AvgIpc) is 3.26. The lowest BCUT2D eigenvalue weighted by atomic mass is 9.94. The lowest BCUT2D eigenvalue weighted by Crippen LogP contribution is -2.46. The lowest BCUT2D eigenvalue weighted by Gasteiger charge is -2.34. The summed E-state index contributed by atoms with van der Waals surface area (Å²) >= 11 is 0. The molecule has 2 N–H and O–H groups in total. The number of nitrogens with zero attached hydrogens (tertiary/aromatic N) is 3. The number of hydrogen-bond acceptors (Lipinski definition) is 6. The fourth-order valence-corrected chi connectivity index (χ4v) is 3.58. The van der Waals surface area contributed by atoms with Crippen molar-refractivity contribution in [3.8, 4) is 22.9 Å². The molecule has 8 heteroatoms. The molecule has 2 amide bonds. The van der Waals surface area contributed by atoms with Crippen molar-refractivity contribution >= 4 is 11.6 Å². The predicted octanol–water partition coefficient (Wildman–Crippen LogP) is 4.13. The zero-order valence-electron chi connectivity index (χ0n) is 17.2. The monoisotopic (exact) mass is 418 g/mol. The molecule has 0 aliphatic carbocycles. The van der Waals surface area contributed by atoms with Crippen LogP contribution in [-0.4, -0.2) is 39.8 Å². The molecule has 1 aliphatic heterocycles. The smallest absolute Gasteiger partial charge is 0.322 e. The van der Waals surface area contributed by atoms with Crippen molar-refractivity contribution in [2.24, 2.45) is 0 Å². The highest BCUT2D eigenvalue weighted by molar-refractivity contribution is 5.87. The SMILES string of the molecule is C=CCN1C(=O)NC(c2ccc(OC)c(O)c2)C(c2nc(-c3ccccc3)no2)=C1C. The Labute approximate surface area is 179 Å². The molecule has 1 aromatic heterocycles. The number of ether oxygens (including phenoxy) is 1. The van der Waals surface area contributed by atoms with Crippen LogP contribution in [0.3, 0.4) is 0 Å². The Kier molecular flexibility index (Phi) is 5.44. The van der Waals surface area contributed by atoms with Gasteiger partial charge in [-0.05, 0) is 24.6 Å².